The fourth-order valence-electron chi connectivity index (χ4n) is 3.19. The Labute approximate surface area is 175 Å². The van der Waals surface area contributed by atoms with Gasteiger partial charge in [0.2, 0.25) is 0 Å². The summed E-state index contributed by atoms with van der Waals surface area (Å²) in [5, 5.41) is 3.60. The third-order valence-electron chi connectivity index (χ3n) is 4.76. The first-order chi connectivity index (χ1) is 14.5. The van der Waals surface area contributed by atoms with Crippen LogP contribution >= 0.6 is 0 Å². The Kier molecular flexibility index (Phi) is 7.16. The quantitative estimate of drug-likeness (QED) is 0.453. The average molecular weight is 406 g/mol. The molecule has 0 unspecified atom stereocenters. The Balaban J connectivity index is 1.75. The molecular weight excluding hydrogens is 383 g/mol. The van der Waals surface area contributed by atoms with Crippen molar-refractivity contribution < 1.29 is 23.6 Å². The van der Waals surface area contributed by atoms with E-state index >= 15 is 0 Å². The molecule has 0 aliphatic rings. The highest BCUT2D eigenvalue weighted by atomic mass is 16.6. The molecule has 0 saturated heterocycles. The second-order valence-corrected chi connectivity index (χ2v) is 6.71. The van der Waals surface area contributed by atoms with Crippen molar-refractivity contribution in [1.29, 1.82) is 0 Å². The van der Waals surface area contributed by atoms with Gasteiger partial charge in [-0.3, -0.25) is 9.78 Å². The van der Waals surface area contributed by atoms with Crippen molar-refractivity contribution in [3.63, 3.8) is 0 Å². The van der Waals surface area contributed by atoms with Gasteiger partial charge in [-0.2, -0.15) is 0 Å². The summed E-state index contributed by atoms with van der Waals surface area (Å²) in [5.74, 6) is -0.910. The van der Waals surface area contributed by atoms with Gasteiger partial charge in [0.15, 0.2) is 0 Å². The second-order valence-electron chi connectivity index (χ2n) is 6.71. The van der Waals surface area contributed by atoms with Gasteiger partial charge in [-0.1, -0.05) is 42.5 Å². The van der Waals surface area contributed by atoms with E-state index in [1.54, 1.807) is 20.3 Å². The van der Waals surface area contributed by atoms with E-state index in [-0.39, 0.29) is 12.3 Å². The number of fused-ring (bicyclic) bond motifs is 1. The maximum atomic E-state index is 12.7. The van der Waals surface area contributed by atoms with Crippen LogP contribution in [0.15, 0.2) is 60.8 Å². The molecule has 3 rings (SSSR count). The van der Waals surface area contributed by atoms with Gasteiger partial charge in [-0.15, -0.1) is 0 Å². The van der Waals surface area contributed by atoms with Gasteiger partial charge in [0.05, 0.1) is 18.2 Å². The Morgan fingerprint density at radius 2 is 1.73 bits per heavy atom. The Bertz CT molecular complexity index is 1020. The van der Waals surface area contributed by atoms with Gasteiger partial charge >= 0.3 is 13.1 Å². The number of carbonyl (C=O) groups excluding carboxylic acids is 2. The molecule has 0 saturated carbocycles. The summed E-state index contributed by atoms with van der Waals surface area (Å²) in [4.78, 5) is 29.3. The lowest BCUT2D eigenvalue weighted by Gasteiger charge is -2.17. The highest BCUT2D eigenvalue weighted by molar-refractivity contribution is 6.61. The molecule has 1 atom stereocenters. The van der Waals surface area contributed by atoms with E-state index in [2.05, 4.69) is 10.3 Å². The monoisotopic (exact) mass is 406 g/mol. The van der Waals surface area contributed by atoms with Crippen LogP contribution in [0, 0.1) is 0 Å². The number of nitrogens with zero attached hydrogens (tertiary/aromatic N) is 1. The van der Waals surface area contributed by atoms with E-state index in [1.165, 1.54) is 13.3 Å². The summed E-state index contributed by atoms with van der Waals surface area (Å²) in [6.45, 7) is 0. The largest absolute Gasteiger partial charge is 0.493 e. The number of hydrogen-bond donors (Lipinski definition) is 1. The van der Waals surface area contributed by atoms with Gasteiger partial charge in [0.1, 0.15) is 6.04 Å². The van der Waals surface area contributed by atoms with Crippen LogP contribution in [0.1, 0.15) is 15.9 Å². The number of rotatable bonds is 8. The van der Waals surface area contributed by atoms with Crippen LogP contribution in [0.3, 0.4) is 0 Å². The van der Waals surface area contributed by atoms with Crippen LogP contribution in [0.4, 0.5) is 0 Å². The van der Waals surface area contributed by atoms with Gasteiger partial charge in [-0.05, 0) is 23.2 Å². The number of benzene rings is 2. The standard InChI is InChI=1S/C22H23BN2O5/c1-28-22(27)20(12-15-8-10-18(11-9-15)23(29-2)30-3)25-21(26)17-13-16-6-4-5-7-19(16)24-14-17/h4-11,13-14,20H,12H2,1-3H3,(H,25,26)/t20-/m1/s1. The maximum absolute atomic E-state index is 12.7. The van der Waals surface area contributed by atoms with Crippen molar-refractivity contribution in [2.24, 2.45) is 0 Å². The smallest absolute Gasteiger partial charge is 0.467 e. The second kappa shape index (κ2) is 10.0. The minimum atomic E-state index is -0.833. The fourth-order valence-corrected chi connectivity index (χ4v) is 3.19. The van der Waals surface area contributed by atoms with Crippen molar-refractivity contribution in [2.45, 2.75) is 12.5 Å². The van der Waals surface area contributed by atoms with Crippen molar-refractivity contribution in [3.8, 4) is 0 Å². The Morgan fingerprint density at radius 1 is 1.03 bits per heavy atom. The lowest BCUT2D eigenvalue weighted by atomic mass is 9.78. The molecule has 1 aromatic heterocycles. The molecule has 0 aliphatic heterocycles. The maximum Gasteiger partial charge on any atom is 0.493 e. The molecule has 8 heteroatoms. The summed E-state index contributed by atoms with van der Waals surface area (Å²) < 4.78 is 15.3. The number of amides is 1. The zero-order valence-corrected chi connectivity index (χ0v) is 17.1. The molecule has 3 aromatic rings. The number of aromatic nitrogens is 1. The summed E-state index contributed by atoms with van der Waals surface area (Å²) in [5.41, 5.74) is 2.88. The van der Waals surface area contributed by atoms with Crippen LogP contribution in [0.5, 0.6) is 0 Å². The minimum absolute atomic E-state index is 0.282. The first kappa shape index (κ1) is 21.5. The molecule has 1 heterocycles. The molecule has 1 N–H and O–H groups in total. The Morgan fingerprint density at radius 3 is 2.40 bits per heavy atom. The van der Waals surface area contributed by atoms with Gasteiger partial charge < -0.3 is 19.4 Å². The number of esters is 1. The molecule has 0 bridgehead atoms. The fraction of sp³-hybridized carbons (Fsp3) is 0.227. The molecule has 154 valence electrons. The molecule has 0 aliphatic carbocycles. The van der Waals surface area contributed by atoms with E-state index in [9.17, 15) is 9.59 Å². The van der Waals surface area contributed by atoms with Crippen molar-refractivity contribution >= 4 is 35.4 Å². The molecular formula is C22H23BN2O5. The van der Waals surface area contributed by atoms with Crippen LogP contribution in [0.2, 0.25) is 0 Å². The first-order valence-corrected chi connectivity index (χ1v) is 9.43. The molecule has 2 aromatic carbocycles. The van der Waals surface area contributed by atoms with Gasteiger partial charge in [0, 0.05) is 32.2 Å². The van der Waals surface area contributed by atoms with E-state index < -0.39 is 19.1 Å². The lowest BCUT2D eigenvalue weighted by molar-refractivity contribution is -0.142. The number of carbonyl (C=O) groups is 2. The third-order valence-corrected chi connectivity index (χ3v) is 4.76. The summed E-state index contributed by atoms with van der Waals surface area (Å²) in [6.07, 6.45) is 1.78. The van der Waals surface area contributed by atoms with Crippen LogP contribution < -0.4 is 10.8 Å². The van der Waals surface area contributed by atoms with E-state index in [0.29, 0.717) is 5.56 Å². The predicted molar refractivity (Wildman–Crippen MR) is 115 cm³/mol. The number of hydrogen-bond acceptors (Lipinski definition) is 6. The molecule has 1 amide bonds. The SMILES string of the molecule is COB(OC)c1ccc(C[C@@H](NC(=O)c2cnc3ccccc3c2)C(=O)OC)cc1. The normalized spacial score (nSPS) is 11.7. The number of methoxy groups -OCH3 is 1. The zero-order valence-electron chi connectivity index (χ0n) is 17.1. The van der Waals surface area contributed by atoms with Crippen LogP contribution in [0.25, 0.3) is 10.9 Å². The number of nitrogens with one attached hydrogen (secondary N) is 1. The molecule has 7 nitrogen and oxygen atoms in total. The highest BCUT2D eigenvalue weighted by Crippen LogP contribution is 2.13. The zero-order chi connectivity index (χ0) is 21.5. The predicted octanol–water partition coefficient (Wildman–Crippen LogP) is 1.74. The van der Waals surface area contributed by atoms with Crippen LogP contribution in [-0.2, 0) is 25.3 Å². The number of para-hydroxylation sites is 1. The number of pyridine rings is 1. The van der Waals surface area contributed by atoms with Crippen molar-refractivity contribution in [2.75, 3.05) is 21.3 Å². The summed E-state index contributed by atoms with van der Waals surface area (Å²) >= 11 is 0. The highest BCUT2D eigenvalue weighted by Gasteiger charge is 2.24. The topological polar surface area (TPSA) is 86.8 Å². The third kappa shape index (κ3) is 5.03. The van der Waals surface area contributed by atoms with Gasteiger partial charge in [-0.25, -0.2) is 4.79 Å². The van der Waals surface area contributed by atoms with Crippen LogP contribution in [-0.4, -0.2) is 51.4 Å². The van der Waals surface area contributed by atoms with Gasteiger partial charge in [0.25, 0.3) is 5.91 Å². The minimum Gasteiger partial charge on any atom is -0.467 e. The molecule has 0 fully saturated rings. The molecule has 30 heavy (non-hydrogen) atoms. The van der Waals surface area contributed by atoms with Crippen molar-refractivity contribution in [1.82, 2.24) is 10.3 Å². The molecule has 0 spiro atoms. The molecule has 0 radical (unpaired) electrons. The summed E-state index contributed by atoms with van der Waals surface area (Å²) in [7, 11) is 3.96. The van der Waals surface area contributed by atoms with E-state index in [0.717, 1.165) is 21.9 Å². The van der Waals surface area contributed by atoms with Crippen molar-refractivity contribution in [3.05, 3.63) is 71.9 Å². The van der Waals surface area contributed by atoms with E-state index in [4.69, 9.17) is 14.0 Å². The number of ether oxygens (including phenoxy) is 1. The Hall–Kier alpha value is -3.23. The lowest BCUT2D eigenvalue weighted by Crippen LogP contribution is -2.43. The van der Waals surface area contributed by atoms with E-state index in [1.807, 2.05) is 48.5 Å². The average Bonchev–Trinajstić information content (AvgIpc) is 2.79. The first-order valence-electron chi connectivity index (χ1n) is 9.43. The summed E-state index contributed by atoms with van der Waals surface area (Å²) in [6, 6.07) is 15.9.